The number of nitrogens with zero attached hydrogens (tertiary/aromatic N) is 1. The quantitative estimate of drug-likeness (QED) is 0.792. The smallest absolute Gasteiger partial charge is 0.341 e. The monoisotopic (exact) mass is 316 g/mol. The summed E-state index contributed by atoms with van der Waals surface area (Å²) in [4.78, 5) is 15.9. The molecule has 0 spiro atoms. The minimum absolute atomic E-state index is 0.319. The van der Waals surface area contributed by atoms with Gasteiger partial charge in [0.05, 0.1) is 26.5 Å². The molecule has 6 nitrogen and oxygen atoms in total. The standard InChI is InChI=1S/C17H20N2O4/c1-4-23-17(20)14-11-18-8-7-15(14)19-10-12-5-6-13(21-2)9-16(12)22-3/h5-9,11H,4,10H2,1-3H3,(H,18,19). The second kappa shape index (κ2) is 8.03. The molecule has 0 radical (unpaired) electrons. The van der Waals surface area contributed by atoms with Crippen LogP contribution in [0.2, 0.25) is 0 Å². The number of carbonyl (C=O) groups excluding carboxylic acids is 1. The van der Waals surface area contributed by atoms with Crippen molar-refractivity contribution in [1.82, 2.24) is 4.98 Å². The van der Waals surface area contributed by atoms with Crippen LogP contribution in [0.1, 0.15) is 22.8 Å². The lowest BCUT2D eigenvalue weighted by Crippen LogP contribution is -2.10. The van der Waals surface area contributed by atoms with E-state index in [1.165, 1.54) is 6.20 Å². The zero-order valence-corrected chi connectivity index (χ0v) is 13.5. The molecule has 23 heavy (non-hydrogen) atoms. The molecule has 0 saturated heterocycles. The van der Waals surface area contributed by atoms with Crippen molar-refractivity contribution in [3.05, 3.63) is 47.8 Å². The summed E-state index contributed by atoms with van der Waals surface area (Å²) in [6.07, 6.45) is 3.11. The molecule has 0 saturated carbocycles. The number of pyridine rings is 1. The molecule has 0 fully saturated rings. The Bertz CT molecular complexity index is 673. The van der Waals surface area contributed by atoms with Gasteiger partial charge in [0.2, 0.25) is 0 Å². The van der Waals surface area contributed by atoms with Gasteiger partial charge in [-0.25, -0.2) is 4.79 Å². The van der Waals surface area contributed by atoms with Gasteiger partial charge in [0.1, 0.15) is 17.1 Å². The van der Waals surface area contributed by atoms with Crippen LogP contribution in [-0.4, -0.2) is 31.8 Å². The van der Waals surface area contributed by atoms with Gasteiger partial charge < -0.3 is 19.5 Å². The fraction of sp³-hybridized carbons (Fsp3) is 0.294. The average molecular weight is 316 g/mol. The number of aromatic nitrogens is 1. The molecule has 0 atom stereocenters. The third-order valence-corrected chi connectivity index (χ3v) is 3.28. The molecule has 0 aliphatic heterocycles. The molecule has 1 N–H and O–H groups in total. The normalized spacial score (nSPS) is 10.0. The lowest BCUT2D eigenvalue weighted by Gasteiger charge is -2.13. The van der Waals surface area contributed by atoms with E-state index < -0.39 is 5.97 Å². The molecule has 2 aromatic rings. The molecular weight excluding hydrogens is 296 g/mol. The predicted molar refractivity (Wildman–Crippen MR) is 87.1 cm³/mol. The molecule has 0 unspecified atom stereocenters. The Balaban J connectivity index is 2.17. The van der Waals surface area contributed by atoms with Crippen LogP contribution in [0.4, 0.5) is 5.69 Å². The minimum Gasteiger partial charge on any atom is -0.497 e. The predicted octanol–water partition coefficient (Wildman–Crippen LogP) is 2.89. The largest absolute Gasteiger partial charge is 0.497 e. The molecule has 6 heteroatoms. The van der Waals surface area contributed by atoms with Gasteiger partial charge in [-0.15, -0.1) is 0 Å². The molecule has 0 aliphatic rings. The van der Waals surface area contributed by atoms with Crippen LogP contribution in [0.25, 0.3) is 0 Å². The first-order valence-electron chi connectivity index (χ1n) is 7.25. The van der Waals surface area contributed by atoms with E-state index in [9.17, 15) is 4.79 Å². The Morgan fingerprint density at radius 1 is 1.22 bits per heavy atom. The third kappa shape index (κ3) is 4.12. The van der Waals surface area contributed by atoms with Gasteiger partial charge in [-0.2, -0.15) is 0 Å². The highest BCUT2D eigenvalue weighted by Crippen LogP contribution is 2.26. The van der Waals surface area contributed by atoms with E-state index >= 15 is 0 Å². The highest BCUT2D eigenvalue weighted by atomic mass is 16.5. The van der Waals surface area contributed by atoms with Crippen molar-refractivity contribution in [2.24, 2.45) is 0 Å². The maximum atomic E-state index is 11.9. The van der Waals surface area contributed by atoms with Crippen molar-refractivity contribution in [2.75, 3.05) is 26.1 Å². The van der Waals surface area contributed by atoms with E-state index in [1.54, 1.807) is 33.4 Å². The number of ether oxygens (including phenoxy) is 3. The number of nitrogens with one attached hydrogen (secondary N) is 1. The molecule has 2 rings (SSSR count). The number of rotatable bonds is 7. The van der Waals surface area contributed by atoms with E-state index in [4.69, 9.17) is 14.2 Å². The van der Waals surface area contributed by atoms with E-state index in [0.29, 0.717) is 30.2 Å². The van der Waals surface area contributed by atoms with Crippen LogP contribution >= 0.6 is 0 Å². The van der Waals surface area contributed by atoms with Crippen LogP contribution in [0.15, 0.2) is 36.7 Å². The van der Waals surface area contributed by atoms with Crippen molar-refractivity contribution in [3.63, 3.8) is 0 Å². The summed E-state index contributed by atoms with van der Waals surface area (Å²) in [5.41, 5.74) is 2.01. The summed E-state index contributed by atoms with van der Waals surface area (Å²) < 4.78 is 15.6. The number of carbonyl (C=O) groups is 1. The number of anilines is 1. The van der Waals surface area contributed by atoms with Crippen LogP contribution in [-0.2, 0) is 11.3 Å². The first kappa shape index (κ1) is 16.6. The Hall–Kier alpha value is -2.76. The maximum absolute atomic E-state index is 11.9. The molecular formula is C17H20N2O4. The van der Waals surface area contributed by atoms with E-state index in [-0.39, 0.29) is 0 Å². The van der Waals surface area contributed by atoms with E-state index in [1.807, 2.05) is 18.2 Å². The number of methoxy groups -OCH3 is 2. The van der Waals surface area contributed by atoms with Gasteiger partial charge in [-0.1, -0.05) is 0 Å². The first-order chi connectivity index (χ1) is 11.2. The molecule has 1 aromatic carbocycles. The molecule has 122 valence electrons. The van der Waals surface area contributed by atoms with E-state index in [0.717, 1.165) is 11.3 Å². The lowest BCUT2D eigenvalue weighted by molar-refractivity contribution is 0.0527. The average Bonchev–Trinajstić information content (AvgIpc) is 2.60. The fourth-order valence-corrected chi connectivity index (χ4v) is 2.11. The second-order valence-electron chi connectivity index (χ2n) is 4.67. The van der Waals surface area contributed by atoms with Crippen LogP contribution in [0.3, 0.4) is 0 Å². The zero-order valence-electron chi connectivity index (χ0n) is 13.5. The second-order valence-corrected chi connectivity index (χ2v) is 4.67. The van der Waals surface area contributed by atoms with Crippen LogP contribution in [0.5, 0.6) is 11.5 Å². The van der Waals surface area contributed by atoms with Gasteiger partial charge in [0, 0.05) is 30.6 Å². The number of hydrogen-bond acceptors (Lipinski definition) is 6. The summed E-state index contributed by atoms with van der Waals surface area (Å²) in [6, 6.07) is 7.33. The Kier molecular flexibility index (Phi) is 5.80. The SMILES string of the molecule is CCOC(=O)c1cnccc1NCc1ccc(OC)cc1OC. The van der Waals surface area contributed by atoms with Gasteiger partial charge in [0.25, 0.3) is 0 Å². The highest BCUT2D eigenvalue weighted by Gasteiger charge is 2.13. The summed E-state index contributed by atoms with van der Waals surface area (Å²) in [7, 11) is 3.21. The van der Waals surface area contributed by atoms with Crippen molar-refractivity contribution >= 4 is 11.7 Å². The van der Waals surface area contributed by atoms with Crippen LogP contribution < -0.4 is 14.8 Å². The molecule has 1 aromatic heterocycles. The zero-order chi connectivity index (χ0) is 16.7. The molecule has 0 aliphatic carbocycles. The molecule has 0 bridgehead atoms. The summed E-state index contributed by atoms with van der Waals surface area (Å²) in [5, 5.41) is 3.22. The fourth-order valence-electron chi connectivity index (χ4n) is 2.11. The van der Waals surface area contributed by atoms with Crippen molar-refractivity contribution < 1.29 is 19.0 Å². The summed E-state index contributed by atoms with van der Waals surface area (Å²) >= 11 is 0. The van der Waals surface area contributed by atoms with Gasteiger partial charge in [-0.05, 0) is 25.1 Å². The molecule has 0 amide bonds. The van der Waals surface area contributed by atoms with Gasteiger partial charge >= 0.3 is 5.97 Å². The highest BCUT2D eigenvalue weighted by molar-refractivity contribution is 5.95. The van der Waals surface area contributed by atoms with Crippen molar-refractivity contribution in [2.45, 2.75) is 13.5 Å². The van der Waals surface area contributed by atoms with Crippen molar-refractivity contribution in [1.29, 1.82) is 0 Å². The van der Waals surface area contributed by atoms with Gasteiger partial charge in [0.15, 0.2) is 0 Å². The minimum atomic E-state index is -0.398. The topological polar surface area (TPSA) is 69.7 Å². The van der Waals surface area contributed by atoms with Crippen LogP contribution in [0, 0.1) is 0 Å². The number of benzene rings is 1. The summed E-state index contributed by atoms with van der Waals surface area (Å²) in [6.45, 7) is 2.58. The number of esters is 1. The van der Waals surface area contributed by atoms with Crippen molar-refractivity contribution in [3.8, 4) is 11.5 Å². The first-order valence-corrected chi connectivity index (χ1v) is 7.25. The Morgan fingerprint density at radius 2 is 2.04 bits per heavy atom. The lowest BCUT2D eigenvalue weighted by atomic mass is 10.1. The number of hydrogen-bond donors (Lipinski definition) is 1. The third-order valence-electron chi connectivity index (χ3n) is 3.28. The Morgan fingerprint density at radius 3 is 2.74 bits per heavy atom. The van der Waals surface area contributed by atoms with E-state index in [2.05, 4.69) is 10.3 Å². The Labute approximate surface area is 135 Å². The maximum Gasteiger partial charge on any atom is 0.341 e. The summed E-state index contributed by atoms with van der Waals surface area (Å²) in [5.74, 6) is 1.04. The molecule has 1 heterocycles. The van der Waals surface area contributed by atoms with Gasteiger partial charge in [-0.3, -0.25) is 4.98 Å².